The summed E-state index contributed by atoms with van der Waals surface area (Å²) in [6.45, 7) is 0.956. The highest BCUT2D eigenvalue weighted by Crippen LogP contribution is 2.24. The van der Waals surface area contributed by atoms with Crippen LogP contribution in [0.15, 0.2) is 22.8 Å². The van der Waals surface area contributed by atoms with Crippen molar-refractivity contribution in [3.05, 3.63) is 24.2 Å². The van der Waals surface area contributed by atoms with Crippen LogP contribution >= 0.6 is 0 Å². The maximum atomic E-state index is 12.0. The van der Waals surface area contributed by atoms with Crippen molar-refractivity contribution >= 4 is 11.9 Å². The predicted octanol–water partition coefficient (Wildman–Crippen LogP) is 1.35. The van der Waals surface area contributed by atoms with Gasteiger partial charge in [-0.1, -0.05) is 0 Å². The van der Waals surface area contributed by atoms with Crippen LogP contribution in [0.3, 0.4) is 0 Å². The average molecular weight is 281 g/mol. The molecule has 110 valence electrons. The van der Waals surface area contributed by atoms with Crippen molar-refractivity contribution in [2.24, 2.45) is 0 Å². The van der Waals surface area contributed by atoms with E-state index in [1.165, 1.54) is 0 Å². The van der Waals surface area contributed by atoms with Crippen molar-refractivity contribution in [2.45, 2.75) is 37.6 Å². The fourth-order valence-corrected chi connectivity index (χ4v) is 2.45. The van der Waals surface area contributed by atoms with Crippen molar-refractivity contribution in [3.8, 4) is 0 Å². The summed E-state index contributed by atoms with van der Waals surface area (Å²) in [5.74, 6) is -0.304. The van der Waals surface area contributed by atoms with Gasteiger partial charge in [0.2, 0.25) is 5.91 Å². The lowest BCUT2D eigenvalue weighted by atomic mass is 9.86. The van der Waals surface area contributed by atoms with Crippen LogP contribution in [0.2, 0.25) is 0 Å². The molecule has 0 unspecified atom stereocenters. The molecule has 0 aromatic carbocycles. The van der Waals surface area contributed by atoms with Crippen LogP contribution in [0.25, 0.3) is 0 Å². The van der Waals surface area contributed by atoms with Gasteiger partial charge in [0.05, 0.1) is 18.2 Å². The second kappa shape index (κ2) is 6.56. The first-order chi connectivity index (χ1) is 9.60. The zero-order valence-corrected chi connectivity index (χ0v) is 11.3. The number of aliphatic carboxylic acids is 1. The van der Waals surface area contributed by atoms with Gasteiger partial charge in [-0.3, -0.25) is 9.59 Å². The van der Waals surface area contributed by atoms with Crippen molar-refractivity contribution in [2.75, 3.05) is 13.2 Å². The Kier molecular flexibility index (Phi) is 4.79. The Labute approximate surface area is 117 Å². The van der Waals surface area contributed by atoms with E-state index in [1.807, 2.05) is 6.07 Å². The summed E-state index contributed by atoms with van der Waals surface area (Å²) in [7, 11) is 0. The summed E-state index contributed by atoms with van der Waals surface area (Å²) in [4.78, 5) is 23.0. The minimum absolute atomic E-state index is 0.0666. The molecule has 1 fully saturated rings. The monoisotopic (exact) mass is 281 g/mol. The topological polar surface area (TPSA) is 88.8 Å². The second-order valence-electron chi connectivity index (χ2n) is 5.09. The van der Waals surface area contributed by atoms with E-state index < -0.39 is 11.5 Å². The molecule has 2 rings (SSSR count). The summed E-state index contributed by atoms with van der Waals surface area (Å²) in [5.41, 5.74) is -0.676. The van der Waals surface area contributed by atoms with Gasteiger partial charge in [0.15, 0.2) is 0 Å². The highest BCUT2D eigenvalue weighted by atomic mass is 16.5. The van der Waals surface area contributed by atoms with Crippen LogP contribution in [0.5, 0.6) is 0 Å². The molecular formula is C14H19NO5. The molecule has 2 N–H and O–H groups in total. The van der Waals surface area contributed by atoms with E-state index in [1.54, 1.807) is 12.3 Å². The summed E-state index contributed by atoms with van der Waals surface area (Å²) >= 11 is 0. The molecule has 6 heteroatoms. The Bertz CT molecular complexity index is 448. The molecule has 1 amide bonds. The molecule has 0 atom stereocenters. The minimum Gasteiger partial charge on any atom is -0.481 e. The molecule has 20 heavy (non-hydrogen) atoms. The van der Waals surface area contributed by atoms with Gasteiger partial charge in [0.25, 0.3) is 0 Å². The lowest BCUT2D eigenvalue weighted by Crippen LogP contribution is -2.53. The van der Waals surface area contributed by atoms with Crippen LogP contribution in [-0.2, 0) is 20.7 Å². The highest BCUT2D eigenvalue weighted by molar-refractivity contribution is 5.78. The normalized spacial score (nSPS) is 17.6. The van der Waals surface area contributed by atoms with Crippen LogP contribution in [0, 0.1) is 0 Å². The number of carbonyl (C=O) groups excluding carboxylic acids is 1. The molecule has 1 aliphatic heterocycles. The van der Waals surface area contributed by atoms with Crippen molar-refractivity contribution in [1.29, 1.82) is 0 Å². The Hall–Kier alpha value is -1.82. The molecule has 1 saturated heterocycles. The van der Waals surface area contributed by atoms with Crippen molar-refractivity contribution < 1.29 is 23.8 Å². The number of carboxylic acids is 1. The molecule has 0 aliphatic carbocycles. The van der Waals surface area contributed by atoms with E-state index in [-0.39, 0.29) is 18.7 Å². The molecule has 0 saturated carbocycles. The molecule has 6 nitrogen and oxygen atoms in total. The quantitative estimate of drug-likeness (QED) is 0.821. The lowest BCUT2D eigenvalue weighted by Gasteiger charge is -2.36. The van der Waals surface area contributed by atoms with Gasteiger partial charge in [-0.05, 0) is 25.0 Å². The molecule has 0 radical (unpaired) electrons. The average Bonchev–Trinajstić information content (AvgIpc) is 2.89. The van der Waals surface area contributed by atoms with Gasteiger partial charge in [-0.2, -0.15) is 0 Å². The first-order valence-corrected chi connectivity index (χ1v) is 6.73. The molecule has 1 aliphatic rings. The number of carbonyl (C=O) groups is 2. The number of amides is 1. The Morgan fingerprint density at radius 1 is 1.35 bits per heavy atom. The molecule has 0 bridgehead atoms. The summed E-state index contributed by atoms with van der Waals surface area (Å²) in [6.07, 6.45) is 3.37. The fourth-order valence-electron chi connectivity index (χ4n) is 2.45. The van der Waals surface area contributed by atoms with Gasteiger partial charge >= 0.3 is 5.97 Å². The third kappa shape index (κ3) is 4.09. The van der Waals surface area contributed by atoms with Gasteiger partial charge in [0.1, 0.15) is 5.76 Å². The molecular weight excluding hydrogens is 262 g/mol. The molecule has 1 aromatic rings. The fraction of sp³-hybridized carbons (Fsp3) is 0.571. The van der Waals surface area contributed by atoms with Crippen LogP contribution in [0.1, 0.15) is 31.4 Å². The number of hydrogen-bond acceptors (Lipinski definition) is 4. The second-order valence-corrected chi connectivity index (χ2v) is 5.09. The maximum absolute atomic E-state index is 12.0. The minimum atomic E-state index is -0.904. The van der Waals surface area contributed by atoms with E-state index >= 15 is 0 Å². The predicted molar refractivity (Wildman–Crippen MR) is 70.2 cm³/mol. The van der Waals surface area contributed by atoms with Crippen LogP contribution < -0.4 is 5.32 Å². The number of furan rings is 1. The standard InChI is InChI=1S/C14H19NO5/c16-12(4-3-11-2-1-7-20-11)15-14(10-13(17)18)5-8-19-9-6-14/h1-2,7H,3-6,8-10H2,(H,15,16)(H,17,18). The van der Waals surface area contributed by atoms with E-state index in [0.29, 0.717) is 32.5 Å². The lowest BCUT2D eigenvalue weighted by molar-refractivity contribution is -0.140. The zero-order valence-electron chi connectivity index (χ0n) is 11.3. The number of rotatable bonds is 6. The smallest absolute Gasteiger partial charge is 0.305 e. The van der Waals surface area contributed by atoms with Crippen molar-refractivity contribution in [1.82, 2.24) is 5.32 Å². The van der Waals surface area contributed by atoms with E-state index in [0.717, 1.165) is 5.76 Å². The first-order valence-electron chi connectivity index (χ1n) is 6.73. The number of nitrogens with one attached hydrogen (secondary N) is 1. The Morgan fingerprint density at radius 2 is 2.10 bits per heavy atom. The third-order valence-corrected chi connectivity index (χ3v) is 3.52. The number of aryl methyl sites for hydroxylation is 1. The Morgan fingerprint density at radius 3 is 2.70 bits per heavy atom. The van der Waals surface area contributed by atoms with Gasteiger partial charge in [0, 0.05) is 26.1 Å². The first kappa shape index (κ1) is 14.6. The molecule has 2 heterocycles. The van der Waals surface area contributed by atoms with Crippen LogP contribution in [-0.4, -0.2) is 35.7 Å². The van der Waals surface area contributed by atoms with Gasteiger partial charge in [-0.15, -0.1) is 0 Å². The largest absolute Gasteiger partial charge is 0.481 e. The number of ether oxygens (including phenoxy) is 1. The van der Waals surface area contributed by atoms with Crippen LogP contribution in [0.4, 0.5) is 0 Å². The zero-order chi connectivity index (χ0) is 14.4. The van der Waals surface area contributed by atoms with Gasteiger partial charge in [-0.25, -0.2) is 0 Å². The Balaban J connectivity index is 1.89. The summed E-state index contributed by atoms with van der Waals surface area (Å²) in [5, 5.41) is 11.9. The van der Waals surface area contributed by atoms with Crippen molar-refractivity contribution in [3.63, 3.8) is 0 Å². The maximum Gasteiger partial charge on any atom is 0.305 e. The summed E-state index contributed by atoms with van der Waals surface area (Å²) in [6, 6.07) is 3.59. The summed E-state index contributed by atoms with van der Waals surface area (Å²) < 4.78 is 10.4. The number of carboxylic acid groups (broad SMARTS) is 1. The van der Waals surface area contributed by atoms with E-state index in [4.69, 9.17) is 14.3 Å². The molecule has 1 aromatic heterocycles. The molecule has 0 spiro atoms. The van der Waals surface area contributed by atoms with E-state index in [2.05, 4.69) is 5.32 Å². The third-order valence-electron chi connectivity index (χ3n) is 3.52. The van der Waals surface area contributed by atoms with E-state index in [9.17, 15) is 9.59 Å². The highest BCUT2D eigenvalue weighted by Gasteiger charge is 2.36. The number of hydrogen-bond donors (Lipinski definition) is 2. The SMILES string of the molecule is O=C(O)CC1(NC(=O)CCc2ccco2)CCOCC1. The van der Waals surface area contributed by atoms with Gasteiger partial charge < -0.3 is 19.6 Å².